The molecular weight excluding hydrogens is 542 g/mol. The molecule has 1 aliphatic carbocycles. The van der Waals surface area contributed by atoms with E-state index in [1.54, 1.807) is 0 Å². The fraction of sp³-hybridized carbons (Fsp3) is 0.359. The third-order valence-corrected chi connectivity index (χ3v) is 9.29. The molecule has 2 amide bonds. The molecule has 44 heavy (non-hydrogen) atoms. The first-order valence-corrected chi connectivity index (χ1v) is 16.2. The molecule has 4 aromatic carbocycles. The van der Waals surface area contributed by atoms with E-state index in [1.165, 1.54) is 16.7 Å². The van der Waals surface area contributed by atoms with Gasteiger partial charge in [-0.15, -0.1) is 0 Å². The number of urea groups is 1. The monoisotopic (exact) mass is 589 g/mol. The molecule has 0 radical (unpaired) electrons. The molecule has 0 aliphatic heterocycles. The first kappa shape index (κ1) is 31.5. The van der Waals surface area contributed by atoms with Crippen LogP contribution in [-0.2, 0) is 12.0 Å². The van der Waals surface area contributed by atoms with E-state index in [-0.39, 0.29) is 18.1 Å². The van der Waals surface area contributed by atoms with Crippen LogP contribution in [0.3, 0.4) is 0 Å². The Morgan fingerprint density at radius 2 is 1.34 bits per heavy atom. The summed E-state index contributed by atoms with van der Waals surface area (Å²) in [6.45, 7) is 4.97. The molecule has 1 saturated carbocycles. The van der Waals surface area contributed by atoms with Gasteiger partial charge >= 0.3 is 6.03 Å². The summed E-state index contributed by atoms with van der Waals surface area (Å²) in [5.41, 5.74) is 4.12. The van der Waals surface area contributed by atoms with E-state index < -0.39 is 11.6 Å². The zero-order valence-electron chi connectivity index (χ0n) is 26.1. The number of carbonyl (C=O) groups is 1. The number of hydrogen-bond acceptors (Lipinski definition) is 3. The summed E-state index contributed by atoms with van der Waals surface area (Å²) >= 11 is 0. The van der Waals surface area contributed by atoms with E-state index >= 15 is 0 Å². The van der Waals surface area contributed by atoms with Crippen molar-refractivity contribution < 1.29 is 9.90 Å². The van der Waals surface area contributed by atoms with Crippen molar-refractivity contribution in [3.8, 4) is 0 Å². The molecule has 0 saturated heterocycles. The number of rotatable bonds is 12. The van der Waals surface area contributed by atoms with Gasteiger partial charge in [0.2, 0.25) is 0 Å². The van der Waals surface area contributed by atoms with Crippen molar-refractivity contribution in [3.63, 3.8) is 0 Å². The number of nitrogens with one attached hydrogen (secondary N) is 3. The van der Waals surface area contributed by atoms with Crippen LogP contribution in [0.4, 0.5) is 4.79 Å². The summed E-state index contributed by atoms with van der Waals surface area (Å²) in [4.78, 5) is 13.1. The van der Waals surface area contributed by atoms with Crippen LogP contribution in [0.1, 0.15) is 72.9 Å². The highest BCUT2D eigenvalue weighted by atomic mass is 16.3. The summed E-state index contributed by atoms with van der Waals surface area (Å²) in [7, 11) is 0. The molecule has 0 bridgehead atoms. The van der Waals surface area contributed by atoms with E-state index in [0.29, 0.717) is 5.92 Å². The van der Waals surface area contributed by atoms with E-state index in [2.05, 4.69) is 77.5 Å². The number of carbonyl (C=O) groups excluding carboxylic acids is 1. The van der Waals surface area contributed by atoms with Gasteiger partial charge in [0.1, 0.15) is 5.60 Å². The van der Waals surface area contributed by atoms with Crippen LogP contribution >= 0.6 is 0 Å². The average molecular weight is 590 g/mol. The van der Waals surface area contributed by atoms with Crippen LogP contribution in [0.5, 0.6) is 0 Å². The van der Waals surface area contributed by atoms with Crippen molar-refractivity contribution in [2.24, 2.45) is 5.92 Å². The van der Waals surface area contributed by atoms with E-state index in [1.807, 2.05) is 67.6 Å². The Morgan fingerprint density at radius 1 is 0.795 bits per heavy atom. The van der Waals surface area contributed by atoms with Gasteiger partial charge in [0.25, 0.3) is 0 Å². The zero-order chi connectivity index (χ0) is 30.8. The van der Waals surface area contributed by atoms with Crippen molar-refractivity contribution >= 4 is 6.03 Å². The molecule has 5 rings (SSSR count). The van der Waals surface area contributed by atoms with Crippen molar-refractivity contribution in [3.05, 3.63) is 143 Å². The first-order chi connectivity index (χ1) is 21.4. The van der Waals surface area contributed by atoms with Crippen molar-refractivity contribution in [2.75, 3.05) is 6.54 Å². The minimum atomic E-state index is -1.35. The van der Waals surface area contributed by atoms with Gasteiger partial charge in [-0.2, -0.15) is 0 Å². The van der Waals surface area contributed by atoms with Crippen molar-refractivity contribution in [1.82, 2.24) is 16.0 Å². The summed E-state index contributed by atoms with van der Waals surface area (Å²) in [5.74, 6) is 0.652. The molecule has 1 fully saturated rings. The van der Waals surface area contributed by atoms with Gasteiger partial charge in [-0.05, 0) is 87.1 Å². The maximum atomic E-state index is 13.1. The summed E-state index contributed by atoms with van der Waals surface area (Å²) in [6, 6.07) is 38.4. The topological polar surface area (TPSA) is 73.4 Å². The van der Waals surface area contributed by atoms with Gasteiger partial charge in [0, 0.05) is 12.1 Å². The van der Waals surface area contributed by atoms with Crippen LogP contribution in [0.25, 0.3) is 0 Å². The van der Waals surface area contributed by atoms with Crippen molar-refractivity contribution in [2.45, 2.75) is 76.1 Å². The molecule has 4 N–H and O–H groups in total. The molecular formula is C39H47N3O2. The number of hydrogen-bond donors (Lipinski definition) is 4. The third-order valence-electron chi connectivity index (χ3n) is 9.29. The van der Waals surface area contributed by atoms with Crippen LogP contribution in [0, 0.1) is 12.8 Å². The summed E-state index contributed by atoms with van der Waals surface area (Å²) in [5, 5.41) is 22.0. The lowest BCUT2D eigenvalue weighted by molar-refractivity contribution is 0.0470. The second kappa shape index (κ2) is 15.2. The average Bonchev–Trinajstić information content (AvgIpc) is 3.06. The standard InChI is InChI=1S/C39H47N3O2/c1-29-18-20-32(21-19-29)28-37(33-12-6-3-7-13-33)40-27-26-31-22-24-36(25-23-31)42-38(43)41-30(2)39(44,34-14-8-4-9-15-34)35-16-10-5-11-17-35/h3-21,30-31,36-37,40,44H,22-28H2,1-2H3,(H2,41,42,43)/t30-,31-,36-,37+/m1/s1. The number of aliphatic hydroxyl groups is 1. The van der Waals surface area contributed by atoms with E-state index in [0.717, 1.165) is 56.2 Å². The zero-order valence-corrected chi connectivity index (χ0v) is 26.1. The Kier molecular flexibility index (Phi) is 10.9. The normalized spacial score (nSPS) is 18.2. The quantitative estimate of drug-likeness (QED) is 0.139. The van der Waals surface area contributed by atoms with Crippen molar-refractivity contribution in [1.29, 1.82) is 0 Å². The van der Waals surface area contributed by atoms with Gasteiger partial charge in [0.05, 0.1) is 6.04 Å². The third kappa shape index (κ3) is 8.16. The number of benzene rings is 4. The highest BCUT2D eigenvalue weighted by Crippen LogP contribution is 2.33. The second-order valence-corrected chi connectivity index (χ2v) is 12.5. The van der Waals surface area contributed by atoms with E-state index in [9.17, 15) is 9.90 Å². The lowest BCUT2D eigenvalue weighted by Crippen LogP contribution is -2.54. The van der Waals surface area contributed by atoms with Gasteiger partial charge in [-0.25, -0.2) is 4.79 Å². The Bertz CT molecular complexity index is 1380. The molecule has 0 spiro atoms. The van der Waals surface area contributed by atoms with Gasteiger partial charge in [-0.1, -0.05) is 121 Å². The highest BCUT2D eigenvalue weighted by molar-refractivity contribution is 5.75. The Balaban J connectivity index is 1.10. The summed E-state index contributed by atoms with van der Waals surface area (Å²) < 4.78 is 0. The van der Waals surface area contributed by atoms with Crippen LogP contribution in [-0.4, -0.2) is 29.8 Å². The maximum Gasteiger partial charge on any atom is 0.315 e. The van der Waals surface area contributed by atoms with Gasteiger partial charge in [0.15, 0.2) is 0 Å². The Labute approximate surface area is 263 Å². The largest absolute Gasteiger partial charge is 0.378 e. The predicted octanol–water partition coefficient (Wildman–Crippen LogP) is 7.44. The van der Waals surface area contributed by atoms with Crippen LogP contribution in [0.2, 0.25) is 0 Å². The highest BCUT2D eigenvalue weighted by Gasteiger charge is 2.38. The lowest BCUT2D eigenvalue weighted by Gasteiger charge is -2.36. The molecule has 0 unspecified atom stereocenters. The summed E-state index contributed by atoms with van der Waals surface area (Å²) in [6.07, 6.45) is 6.26. The Hall–Kier alpha value is -3.93. The van der Waals surface area contributed by atoms with Gasteiger partial charge in [-0.3, -0.25) is 0 Å². The SMILES string of the molecule is Cc1ccc(C[C@H](NCC[C@H]2CC[C@H](NC(=O)N[C@H](C)C(O)(c3ccccc3)c3ccccc3)CC2)c2ccccc2)cc1. The van der Waals surface area contributed by atoms with Crippen LogP contribution < -0.4 is 16.0 Å². The lowest BCUT2D eigenvalue weighted by atomic mass is 9.81. The first-order valence-electron chi connectivity index (χ1n) is 16.2. The molecule has 0 heterocycles. The molecule has 4 aromatic rings. The maximum absolute atomic E-state index is 13.1. The Morgan fingerprint density at radius 3 is 1.91 bits per heavy atom. The fourth-order valence-electron chi connectivity index (χ4n) is 6.59. The minimum absolute atomic E-state index is 0.145. The second-order valence-electron chi connectivity index (χ2n) is 12.5. The predicted molar refractivity (Wildman–Crippen MR) is 179 cm³/mol. The molecule has 2 atom stereocenters. The van der Waals surface area contributed by atoms with Gasteiger partial charge < -0.3 is 21.1 Å². The minimum Gasteiger partial charge on any atom is -0.378 e. The molecule has 5 heteroatoms. The van der Waals surface area contributed by atoms with Crippen LogP contribution in [0.15, 0.2) is 115 Å². The smallest absolute Gasteiger partial charge is 0.315 e. The number of amides is 2. The number of aryl methyl sites for hydroxylation is 1. The van der Waals surface area contributed by atoms with E-state index in [4.69, 9.17) is 0 Å². The molecule has 0 aromatic heterocycles. The fourth-order valence-corrected chi connectivity index (χ4v) is 6.59. The molecule has 230 valence electrons. The molecule has 5 nitrogen and oxygen atoms in total. The molecule has 1 aliphatic rings.